The van der Waals surface area contributed by atoms with Gasteiger partial charge in [-0.25, -0.2) is 4.79 Å². The maximum absolute atomic E-state index is 11.2. The van der Waals surface area contributed by atoms with Crippen LogP contribution in [0.4, 0.5) is 4.79 Å². The SMILES string of the molecule is CC1(O)CN(CCN2C(=O)CNC2=O)C1. The summed E-state index contributed by atoms with van der Waals surface area (Å²) in [6.45, 7) is 4.14. The molecule has 0 aromatic heterocycles. The standard InChI is InChI=1S/C9H15N3O3/c1-9(15)5-11(6-9)2-3-12-7(13)4-10-8(12)14/h15H,2-6H2,1H3,(H,10,14). The highest BCUT2D eigenvalue weighted by Crippen LogP contribution is 2.19. The van der Waals surface area contributed by atoms with Gasteiger partial charge in [-0.05, 0) is 6.92 Å². The van der Waals surface area contributed by atoms with E-state index in [0.717, 1.165) is 0 Å². The molecule has 0 aromatic carbocycles. The van der Waals surface area contributed by atoms with Gasteiger partial charge in [0.15, 0.2) is 0 Å². The summed E-state index contributed by atoms with van der Waals surface area (Å²) in [4.78, 5) is 25.6. The third-order valence-corrected chi connectivity index (χ3v) is 2.71. The number of carbonyl (C=O) groups is 2. The molecule has 0 radical (unpaired) electrons. The van der Waals surface area contributed by atoms with Crippen molar-refractivity contribution in [1.29, 1.82) is 0 Å². The van der Waals surface area contributed by atoms with Crippen molar-refractivity contribution in [1.82, 2.24) is 15.1 Å². The Labute approximate surface area is 87.8 Å². The number of β-amino-alcohol motifs (C(OH)–C–C–N with tert-alkyl or cyclic N) is 1. The zero-order chi connectivity index (χ0) is 11.1. The van der Waals surface area contributed by atoms with Gasteiger partial charge >= 0.3 is 6.03 Å². The van der Waals surface area contributed by atoms with Gasteiger partial charge in [0, 0.05) is 26.2 Å². The average Bonchev–Trinajstić information content (AvgIpc) is 2.40. The monoisotopic (exact) mass is 213 g/mol. The van der Waals surface area contributed by atoms with Crippen LogP contribution in [0.5, 0.6) is 0 Å². The van der Waals surface area contributed by atoms with Gasteiger partial charge in [0.05, 0.1) is 12.1 Å². The fourth-order valence-corrected chi connectivity index (χ4v) is 2.00. The average molecular weight is 213 g/mol. The number of carbonyl (C=O) groups excluding carboxylic acids is 2. The molecular formula is C9H15N3O3. The van der Waals surface area contributed by atoms with Gasteiger partial charge in [-0.3, -0.25) is 14.6 Å². The number of imide groups is 1. The zero-order valence-electron chi connectivity index (χ0n) is 8.69. The predicted molar refractivity (Wildman–Crippen MR) is 52.2 cm³/mol. The van der Waals surface area contributed by atoms with Gasteiger partial charge in [0.1, 0.15) is 0 Å². The second-order valence-corrected chi connectivity index (χ2v) is 4.41. The molecule has 0 bridgehead atoms. The number of hydrogen-bond donors (Lipinski definition) is 2. The van der Waals surface area contributed by atoms with Crippen LogP contribution in [0, 0.1) is 0 Å². The Morgan fingerprint density at radius 3 is 2.53 bits per heavy atom. The maximum atomic E-state index is 11.2. The van der Waals surface area contributed by atoms with Crippen LogP contribution in [0.3, 0.4) is 0 Å². The molecule has 6 nitrogen and oxygen atoms in total. The molecule has 0 aliphatic carbocycles. The molecular weight excluding hydrogens is 198 g/mol. The number of nitrogens with zero attached hydrogens (tertiary/aromatic N) is 2. The number of rotatable bonds is 3. The summed E-state index contributed by atoms with van der Waals surface area (Å²) in [5.41, 5.74) is -0.600. The second kappa shape index (κ2) is 3.46. The van der Waals surface area contributed by atoms with Crippen LogP contribution in [0.1, 0.15) is 6.92 Å². The van der Waals surface area contributed by atoms with Crippen LogP contribution in [0.15, 0.2) is 0 Å². The van der Waals surface area contributed by atoms with Gasteiger partial charge in [-0.2, -0.15) is 0 Å². The van der Waals surface area contributed by atoms with E-state index in [1.165, 1.54) is 4.90 Å². The molecule has 84 valence electrons. The van der Waals surface area contributed by atoms with E-state index in [1.807, 2.05) is 4.90 Å². The molecule has 2 rings (SSSR count). The number of nitrogens with one attached hydrogen (secondary N) is 1. The van der Waals surface area contributed by atoms with Crippen molar-refractivity contribution in [3.05, 3.63) is 0 Å². The zero-order valence-corrected chi connectivity index (χ0v) is 8.69. The van der Waals surface area contributed by atoms with E-state index in [2.05, 4.69) is 5.32 Å². The Balaban J connectivity index is 1.75. The van der Waals surface area contributed by atoms with Crippen LogP contribution in [0.25, 0.3) is 0 Å². The third-order valence-electron chi connectivity index (χ3n) is 2.71. The minimum Gasteiger partial charge on any atom is -0.388 e. The Hall–Kier alpha value is -1.14. The first kappa shape index (κ1) is 10.4. The molecule has 0 saturated carbocycles. The lowest BCUT2D eigenvalue weighted by molar-refractivity contribution is -0.126. The van der Waals surface area contributed by atoms with Crippen molar-refractivity contribution in [2.75, 3.05) is 32.7 Å². The summed E-state index contributed by atoms with van der Waals surface area (Å²) < 4.78 is 0. The summed E-state index contributed by atoms with van der Waals surface area (Å²) in [5.74, 6) is -0.174. The Kier molecular flexibility index (Phi) is 2.40. The summed E-state index contributed by atoms with van der Waals surface area (Å²) in [6, 6.07) is -0.313. The quantitative estimate of drug-likeness (QED) is 0.566. The molecule has 2 aliphatic rings. The normalized spacial score (nSPS) is 25.3. The van der Waals surface area contributed by atoms with E-state index in [-0.39, 0.29) is 18.5 Å². The second-order valence-electron chi connectivity index (χ2n) is 4.41. The lowest BCUT2D eigenvalue weighted by Gasteiger charge is -2.44. The molecule has 2 N–H and O–H groups in total. The van der Waals surface area contributed by atoms with Crippen molar-refractivity contribution < 1.29 is 14.7 Å². The predicted octanol–water partition coefficient (Wildman–Crippen LogP) is -1.40. The fraction of sp³-hybridized carbons (Fsp3) is 0.778. The molecule has 2 aliphatic heterocycles. The first-order chi connectivity index (χ1) is 6.98. The topological polar surface area (TPSA) is 72.9 Å². The summed E-state index contributed by atoms with van der Waals surface area (Å²) in [5, 5.41) is 11.9. The van der Waals surface area contributed by atoms with Crippen molar-refractivity contribution in [2.45, 2.75) is 12.5 Å². The molecule has 2 fully saturated rings. The van der Waals surface area contributed by atoms with Crippen LogP contribution in [0.2, 0.25) is 0 Å². The number of hydrogen-bond acceptors (Lipinski definition) is 4. The van der Waals surface area contributed by atoms with Gasteiger partial charge in [-0.15, -0.1) is 0 Å². The first-order valence-electron chi connectivity index (χ1n) is 5.01. The van der Waals surface area contributed by atoms with E-state index >= 15 is 0 Å². The maximum Gasteiger partial charge on any atom is 0.324 e. The van der Waals surface area contributed by atoms with Crippen LogP contribution < -0.4 is 5.32 Å². The van der Waals surface area contributed by atoms with E-state index in [0.29, 0.717) is 26.2 Å². The van der Waals surface area contributed by atoms with E-state index in [9.17, 15) is 14.7 Å². The van der Waals surface area contributed by atoms with Crippen LogP contribution >= 0.6 is 0 Å². The lowest BCUT2D eigenvalue weighted by Crippen LogP contribution is -2.61. The summed E-state index contributed by atoms with van der Waals surface area (Å²) in [7, 11) is 0. The van der Waals surface area contributed by atoms with E-state index in [4.69, 9.17) is 0 Å². The lowest BCUT2D eigenvalue weighted by atomic mass is 9.97. The van der Waals surface area contributed by atoms with Gasteiger partial charge in [0.2, 0.25) is 5.91 Å². The molecule has 6 heteroatoms. The number of aliphatic hydroxyl groups is 1. The largest absolute Gasteiger partial charge is 0.388 e. The van der Waals surface area contributed by atoms with Gasteiger partial charge in [0.25, 0.3) is 0 Å². The number of amides is 3. The Bertz CT molecular complexity index is 279. The van der Waals surface area contributed by atoms with E-state index < -0.39 is 5.60 Å². The molecule has 2 heterocycles. The summed E-state index contributed by atoms with van der Waals surface area (Å²) in [6.07, 6.45) is 0. The Morgan fingerprint density at radius 2 is 2.07 bits per heavy atom. The fourth-order valence-electron chi connectivity index (χ4n) is 2.00. The minimum absolute atomic E-state index is 0.108. The highest BCUT2D eigenvalue weighted by atomic mass is 16.3. The molecule has 0 spiro atoms. The number of urea groups is 1. The highest BCUT2D eigenvalue weighted by molar-refractivity contribution is 6.01. The molecule has 3 amide bonds. The molecule has 2 saturated heterocycles. The van der Waals surface area contributed by atoms with Gasteiger partial charge in [-0.1, -0.05) is 0 Å². The number of likely N-dealkylation sites (tertiary alicyclic amines) is 1. The molecule has 15 heavy (non-hydrogen) atoms. The van der Waals surface area contributed by atoms with Crippen molar-refractivity contribution in [3.63, 3.8) is 0 Å². The van der Waals surface area contributed by atoms with Crippen molar-refractivity contribution in [2.24, 2.45) is 0 Å². The van der Waals surface area contributed by atoms with Crippen LogP contribution in [-0.2, 0) is 4.79 Å². The van der Waals surface area contributed by atoms with Crippen LogP contribution in [-0.4, -0.2) is 65.2 Å². The third kappa shape index (κ3) is 2.10. The van der Waals surface area contributed by atoms with Gasteiger partial charge < -0.3 is 10.4 Å². The summed E-state index contributed by atoms with van der Waals surface area (Å²) >= 11 is 0. The minimum atomic E-state index is -0.600. The molecule has 0 atom stereocenters. The van der Waals surface area contributed by atoms with Crippen molar-refractivity contribution in [3.8, 4) is 0 Å². The first-order valence-corrected chi connectivity index (χ1v) is 5.01. The highest BCUT2D eigenvalue weighted by Gasteiger charge is 2.37. The van der Waals surface area contributed by atoms with E-state index in [1.54, 1.807) is 6.92 Å². The Morgan fingerprint density at radius 1 is 1.40 bits per heavy atom. The van der Waals surface area contributed by atoms with Crippen molar-refractivity contribution >= 4 is 11.9 Å². The molecule has 0 aromatic rings. The molecule has 0 unspecified atom stereocenters. The smallest absolute Gasteiger partial charge is 0.324 e.